The Balaban J connectivity index is 2.31. The van der Waals surface area contributed by atoms with Crippen molar-refractivity contribution in [2.75, 3.05) is 5.32 Å². The number of nitrogens with one attached hydrogen (secondary N) is 1. The Morgan fingerprint density at radius 3 is 2.68 bits per heavy atom. The standard InChI is InChI=1S/C14H10BrClFNO/c1-8-7-9(15)5-6-12(8)18-14(19)13-10(16)3-2-4-11(13)17/h2-7H,1H3,(H,18,19). The van der Waals surface area contributed by atoms with Crippen LogP contribution in [0.3, 0.4) is 0 Å². The van der Waals surface area contributed by atoms with Crippen molar-refractivity contribution in [3.05, 3.63) is 62.8 Å². The van der Waals surface area contributed by atoms with Crippen molar-refractivity contribution in [1.29, 1.82) is 0 Å². The van der Waals surface area contributed by atoms with Gasteiger partial charge in [-0.3, -0.25) is 4.79 Å². The van der Waals surface area contributed by atoms with Crippen LogP contribution in [0, 0.1) is 12.7 Å². The minimum atomic E-state index is -0.639. The van der Waals surface area contributed by atoms with Crippen molar-refractivity contribution in [3.63, 3.8) is 0 Å². The van der Waals surface area contributed by atoms with Gasteiger partial charge in [0.2, 0.25) is 0 Å². The second-order valence-corrected chi connectivity index (χ2v) is 5.33. The molecular formula is C14H10BrClFNO. The van der Waals surface area contributed by atoms with Crippen molar-refractivity contribution < 1.29 is 9.18 Å². The summed E-state index contributed by atoms with van der Waals surface area (Å²) in [6.45, 7) is 1.85. The predicted molar refractivity (Wildman–Crippen MR) is 78.2 cm³/mol. The molecular weight excluding hydrogens is 333 g/mol. The highest BCUT2D eigenvalue weighted by Gasteiger charge is 2.16. The van der Waals surface area contributed by atoms with Gasteiger partial charge in [0.05, 0.1) is 10.6 Å². The number of amides is 1. The van der Waals surface area contributed by atoms with E-state index in [0.717, 1.165) is 10.0 Å². The number of carbonyl (C=O) groups excluding carboxylic acids is 1. The first-order valence-corrected chi connectivity index (χ1v) is 6.67. The van der Waals surface area contributed by atoms with Crippen molar-refractivity contribution in [3.8, 4) is 0 Å². The molecule has 98 valence electrons. The molecule has 0 radical (unpaired) electrons. The van der Waals surface area contributed by atoms with Crippen molar-refractivity contribution in [1.82, 2.24) is 0 Å². The molecule has 0 aliphatic heterocycles. The third-order valence-electron chi connectivity index (χ3n) is 2.63. The number of anilines is 1. The fraction of sp³-hybridized carbons (Fsp3) is 0.0714. The number of halogens is 3. The average molecular weight is 343 g/mol. The molecule has 2 aromatic rings. The fourth-order valence-corrected chi connectivity index (χ4v) is 2.39. The fourth-order valence-electron chi connectivity index (χ4n) is 1.67. The van der Waals surface area contributed by atoms with E-state index in [-0.39, 0.29) is 10.6 Å². The summed E-state index contributed by atoms with van der Waals surface area (Å²) < 4.78 is 14.5. The highest BCUT2D eigenvalue weighted by molar-refractivity contribution is 9.10. The van der Waals surface area contributed by atoms with Crippen LogP contribution in [0.15, 0.2) is 40.9 Å². The largest absolute Gasteiger partial charge is 0.322 e. The summed E-state index contributed by atoms with van der Waals surface area (Å²) in [7, 11) is 0. The first kappa shape index (κ1) is 14.0. The van der Waals surface area contributed by atoms with E-state index in [1.165, 1.54) is 18.2 Å². The lowest BCUT2D eigenvalue weighted by Crippen LogP contribution is -2.15. The third kappa shape index (κ3) is 3.14. The van der Waals surface area contributed by atoms with Crippen molar-refractivity contribution in [2.24, 2.45) is 0 Å². The molecule has 0 heterocycles. The maximum atomic E-state index is 13.6. The third-order valence-corrected chi connectivity index (χ3v) is 3.43. The molecule has 0 aliphatic carbocycles. The molecule has 2 aromatic carbocycles. The van der Waals surface area contributed by atoms with E-state index in [4.69, 9.17) is 11.6 Å². The summed E-state index contributed by atoms with van der Waals surface area (Å²) in [4.78, 5) is 12.0. The van der Waals surface area contributed by atoms with Gasteiger partial charge in [0.1, 0.15) is 5.82 Å². The molecule has 0 fully saturated rings. The van der Waals surface area contributed by atoms with Gasteiger partial charge in [-0.1, -0.05) is 33.6 Å². The average Bonchev–Trinajstić information content (AvgIpc) is 2.32. The number of rotatable bonds is 2. The van der Waals surface area contributed by atoms with Gasteiger partial charge in [-0.15, -0.1) is 0 Å². The van der Waals surface area contributed by atoms with Gasteiger partial charge in [-0.25, -0.2) is 4.39 Å². The Morgan fingerprint density at radius 2 is 2.05 bits per heavy atom. The molecule has 1 N–H and O–H groups in total. The normalized spacial score (nSPS) is 10.3. The van der Waals surface area contributed by atoms with E-state index in [0.29, 0.717) is 5.69 Å². The zero-order valence-electron chi connectivity index (χ0n) is 10.0. The molecule has 0 atom stereocenters. The first-order valence-electron chi connectivity index (χ1n) is 5.50. The maximum absolute atomic E-state index is 13.6. The monoisotopic (exact) mass is 341 g/mol. The second kappa shape index (κ2) is 5.72. The number of aryl methyl sites for hydroxylation is 1. The van der Waals surface area contributed by atoms with Gasteiger partial charge in [0, 0.05) is 10.2 Å². The van der Waals surface area contributed by atoms with E-state index < -0.39 is 11.7 Å². The topological polar surface area (TPSA) is 29.1 Å². The quantitative estimate of drug-likeness (QED) is 0.834. The summed E-state index contributed by atoms with van der Waals surface area (Å²) in [5.74, 6) is -1.20. The van der Waals surface area contributed by atoms with Crippen LogP contribution in [0.25, 0.3) is 0 Å². The Kier molecular flexibility index (Phi) is 4.22. The number of hydrogen-bond acceptors (Lipinski definition) is 1. The zero-order chi connectivity index (χ0) is 14.0. The molecule has 2 nitrogen and oxygen atoms in total. The van der Waals surface area contributed by atoms with Crippen LogP contribution in [-0.4, -0.2) is 5.91 Å². The minimum Gasteiger partial charge on any atom is -0.322 e. The summed E-state index contributed by atoms with van der Waals surface area (Å²) in [6, 6.07) is 9.54. The first-order chi connectivity index (χ1) is 8.99. The lowest BCUT2D eigenvalue weighted by atomic mass is 10.1. The molecule has 1 amide bonds. The Bertz CT molecular complexity index is 625. The van der Waals surface area contributed by atoms with E-state index in [1.54, 1.807) is 12.1 Å². The Morgan fingerprint density at radius 1 is 1.32 bits per heavy atom. The zero-order valence-corrected chi connectivity index (χ0v) is 12.3. The maximum Gasteiger partial charge on any atom is 0.260 e. The molecule has 2 rings (SSSR count). The number of carbonyl (C=O) groups is 1. The van der Waals surface area contributed by atoms with Gasteiger partial charge in [-0.2, -0.15) is 0 Å². The lowest BCUT2D eigenvalue weighted by Gasteiger charge is -2.10. The van der Waals surface area contributed by atoms with Gasteiger partial charge >= 0.3 is 0 Å². The van der Waals surface area contributed by atoms with E-state index >= 15 is 0 Å². The predicted octanol–water partition coefficient (Wildman–Crippen LogP) is 4.80. The molecule has 0 unspecified atom stereocenters. The Labute approximate surface area is 123 Å². The molecule has 0 aliphatic rings. The molecule has 0 saturated heterocycles. The van der Waals surface area contributed by atoms with Crippen LogP contribution in [0.1, 0.15) is 15.9 Å². The molecule has 5 heteroatoms. The van der Waals surface area contributed by atoms with Crippen molar-refractivity contribution in [2.45, 2.75) is 6.92 Å². The van der Waals surface area contributed by atoms with Gasteiger partial charge in [0.25, 0.3) is 5.91 Å². The molecule has 0 bridgehead atoms. The minimum absolute atomic E-state index is 0.0901. The van der Waals surface area contributed by atoms with Crippen LogP contribution in [0.2, 0.25) is 5.02 Å². The van der Waals surface area contributed by atoms with Gasteiger partial charge in [-0.05, 0) is 42.8 Å². The lowest BCUT2D eigenvalue weighted by molar-refractivity contribution is 0.102. The van der Waals surface area contributed by atoms with E-state index in [9.17, 15) is 9.18 Å². The highest BCUT2D eigenvalue weighted by Crippen LogP contribution is 2.23. The highest BCUT2D eigenvalue weighted by atomic mass is 79.9. The summed E-state index contributed by atoms with van der Waals surface area (Å²) in [5.41, 5.74) is 1.34. The summed E-state index contributed by atoms with van der Waals surface area (Å²) in [6.07, 6.45) is 0. The van der Waals surface area contributed by atoms with Crippen LogP contribution in [0.4, 0.5) is 10.1 Å². The van der Waals surface area contributed by atoms with Crippen LogP contribution in [0.5, 0.6) is 0 Å². The summed E-state index contributed by atoms with van der Waals surface area (Å²) in [5, 5.41) is 2.74. The van der Waals surface area contributed by atoms with Crippen LogP contribution < -0.4 is 5.32 Å². The van der Waals surface area contributed by atoms with E-state index in [2.05, 4.69) is 21.2 Å². The van der Waals surface area contributed by atoms with Crippen molar-refractivity contribution >= 4 is 39.1 Å². The van der Waals surface area contributed by atoms with Crippen LogP contribution >= 0.6 is 27.5 Å². The molecule has 0 saturated carbocycles. The molecule has 0 spiro atoms. The molecule has 19 heavy (non-hydrogen) atoms. The van der Waals surface area contributed by atoms with Gasteiger partial charge < -0.3 is 5.32 Å². The van der Waals surface area contributed by atoms with Gasteiger partial charge in [0.15, 0.2) is 0 Å². The Hall–Kier alpha value is -1.39. The molecule has 0 aromatic heterocycles. The van der Waals surface area contributed by atoms with Crippen LogP contribution in [-0.2, 0) is 0 Å². The summed E-state index contributed by atoms with van der Waals surface area (Å²) >= 11 is 9.18. The van der Waals surface area contributed by atoms with E-state index in [1.807, 2.05) is 13.0 Å². The SMILES string of the molecule is Cc1cc(Br)ccc1NC(=O)c1c(F)cccc1Cl. The number of hydrogen-bond donors (Lipinski definition) is 1. The smallest absolute Gasteiger partial charge is 0.260 e. The number of benzene rings is 2. The second-order valence-electron chi connectivity index (χ2n) is 4.01.